The molecule has 0 aromatic heterocycles. The van der Waals surface area contributed by atoms with Crippen molar-refractivity contribution < 1.29 is 18.0 Å². The van der Waals surface area contributed by atoms with Gasteiger partial charge in [0, 0.05) is 25.6 Å². The average Bonchev–Trinajstić information content (AvgIpc) is 2.80. The number of halogens is 3. The zero-order chi connectivity index (χ0) is 23.6. The summed E-state index contributed by atoms with van der Waals surface area (Å²) < 4.78 is 41.7. The predicted molar refractivity (Wildman–Crippen MR) is 124 cm³/mol. The first-order valence-corrected chi connectivity index (χ1v) is 12.0. The van der Waals surface area contributed by atoms with E-state index in [-0.39, 0.29) is 11.0 Å². The minimum Gasteiger partial charge on any atom is -0.342 e. The maximum absolute atomic E-state index is 13.9. The molecule has 0 radical (unpaired) electrons. The second-order valence-corrected chi connectivity index (χ2v) is 9.58. The number of rotatable bonds is 4. The van der Waals surface area contributed by atoms with Crippen LogP contribution in [0.5, 0.6) is 0 Å². The molecule has 2 heterocycles. The van der Waals surface area contributed by atoms with Gasteiger partial charge in [0.2, 0.25) is 5.91 Å². The minimum absolute atomic E-state index is 0.0124. The van der Waals surface area contributed by atoms with Crippen molar-refractivity contribution in [1.82, 2.24) is 10.2 Å². The Hall–Kier alpha value is -2.34. The number of nitrogens with zero attached hydrogens (tertiary/aromatic N) is 1. The lowest BCUT2D eigenvalue weighted by atomic mass is 9.61. The molecular formula is C27H33F3N2O. The van der Waals surface area contributed by atoms with Gasteiger partial charge in [-0.05, 0) is 66.8 Å². The van der Waals surface area contributed by atoms with E-state index in [4.69, 9.17) is 0 Å². The summed E-state index contributed by atoms with van der Waals surface area (Å²) in [4.78, 5) is 14.6. The van der Waals surface area contributed by atoms with E-state index in [1.807, 2.05) is 0 Å². The molecule has 2 aromatic rings. The molecule has 178 valence electrons. The Kier molecular flexibility index (Phi) is 6.85. The molecule has 2 aromatic carbocycles. The Bertz CT molecular complexity index is 965. The highest BCUT2D eigenvalue weighted by Crippen LogP contribution is 2.50. The van der Waals surface area contributed by atoms with Gasteiger partial charge < -0.3 is 10.2 Å². The fraction of sp³-hybridized carbons (Fsp3) is 0.519. The summed E-state index contributed by atoms with van der Waals surface area (Å²) in [5.41, 5.74) is 4.05. The predicted octanol–water partition coefficient (Wildman–Crippen LogP) is 5.59. The smallest absolute Gasteiger partial charge is 0.342 e. The molecule has 4 rings (SSSR count). The number of hydrogen-bond donors (Lipinski definition) is 1. The number of carbonyl (C=O) groups excluding carboxylic acids is 1. The Morgan fingerprint density at radius 3 is 2.42 bits per heavy atom. The van der Waals surface area contributed by atoms with E-state index in [9.17, 15) is 18.0 Å². The number of hydrogen-bond acceptors (Lipinski definition) is 2. The van der Waals surface area contributed by atoms with E-state index in [1.54, 1.807) is 18.2 Å². The number of benzene rings is 2. The normalized spacial score (nSPS) is 21.7. The van der Waals surface area contributed by atoms with Gasteiger partial charge in [-0.2, -0.15) is 13.2 Å². The van der Waals surface area contributed by atoms with Crippen LogP contribution in [0.1, 0.15) is 60.3 Å². The van der Waals surface area contributed by atoms with Crippen LogP contribution in [-0.4, -0.2) is 43.2 Å². The minimum atomic E-state index is -4.61. The third-order valence-electron chi connectivity index (χ3n) is 7.81. The van der Waals surface area contributed by atoms with Crippen LogP contribution in [0.2, 0.25) is 0 Å². The molecule has 2 atom stereocenters. The SMILES string of the molecule is CCc1cccc(C)c1C1CNCCC12CCN(C(=O)C(c1ccccc1)C(F)(F)F)CC2. The van der Waals surface area contributed by atoms with Crippen molar-refractivity contribution in [1.29, 1.82) is 0 Å². The zero-order valence-corrected chi connectivity index (χ0v) is 19.4. The fourth-order valence-electron chi connectivity index (χ4n) is 6.00. The molecule has 1 spiro atoms. The van der Waals surface area contributed by atoms with Gasteiger partial charge in [-0.1, -0.05) is 55.5 Å². The quantitative estimate of drug-likeness (QED) is 0.648. The van der Waals surface area contributed by atoms with Crippen molar-refractivity contribution in [2.45, 2.75) is 57.5 Å². The van der Waals surface area contributed by atoms with Crippen molar-refractivity contribution in [2.75, 3.05) is 26.2 Å². The largest absolute Gasteiger partial charge is 0.404 e. The van der Waals surface area contributed by atoms with Gasteiger partial charge in [0.15, 0.2) is 5.92 Å². The summed E-state index contributed by atoms with van der Waals surface area (Å²) in [5, 5.41) is 3.55. The molecule has 2 unspecified atom stereocenters. The second-order valence-electron chi connectivity index (χ2n) is 9.58. The summed E-state index contributed by atoms with van der Waals surface area (Å²) >= 11 is 0. The van der Waals surface area contributed by atoms with Gasteiger partial charge in [0.1, 0.15) is 0 Å². The van der Waals surface area contributed by atoms with Gasteiger partial charge >= 0.3 is 6.18 Å². The molecule has 1 N–H and O–H groups in total. The number of piperidine rings is 2. The molecule has 6 heteroatoms. The van der Waals surface area contributed by atoms with Crippen LogP contribution in [0, 0.1) is 12.3 Å². The summed E-state index contributed by atoms with van der Waals surface area (Å²) in [7, 11) is 0. The number of alkyl halides is 3. The third-order valence-corrected chi connectivity index (χ3v) is 7.81. The van der Waals surface area contributed by atoms with Crippen LogP contribution in [0.25, 0.3) is 0 Å². The van der Waals surface area contributed by atoms with E-state index >= 15 is 0 Å². The average molecular weight is 459 g/mol. The first-order chi connectivity index (χ1) is 15.8. The number of aryl methyl sites for hydroxylation is 2. The Labute approximate surface area is 194 Å². The first kappa shape index (κ1) is 23.8. The third kappa shape index (κ3) is 4.68. The number of amides is 1. The van der Waals surface area contributed by atoms with Crippen molar-refractivity contribution in [3.05, 3.63) is 70.8 Å². The van der Waals surface area contributed by atoms with E-state index < -0.39 is 18.0 Å². The van der Waals surface area contributed by atoms with Crippen LogP contribution in [0.4, 0.5) is 13.2 Å². The molecule has 0 bridgehead atoms. The highest BCUT2D eigenvalue weighted by atomic mass is 19.4. The van der Waals surface area contributed by atoms with Gasteiger partial charge in [-0.25, -0.2) is 0 Å². The highest BCUT2D eigenvalue weighted by Gasteiger charge is 2.50. The van der Waals surface area contributed by atoms with Crippen LogP contribution in [0.15, 0.2) is 48.5 Å². The number of carbonyl (C=O) groups is 1. The zero-order valence-electron chi connectivity index (χ0n) is 19.4. The summed E-state index contributed by atoms with van der Waals surface area (Å²) in [6.45, 7) is 6.87. The monoisotopic (exact) mass is 458 g/mol. The lowest BCUT2D eigenvalue weighted by molar-refractivity contribution is -0.173. The topological polar surface area (TPSA) is 32.3 Å². The fourth-order valence-corrected chi connectivity index (χ4v) is 6.00. The lowest BCUT2D eigenvalue weighted by Crippen LogP contribution is -2.53. The van der Waals surface area contributed by atoms with Crippen molar-refractivity contribution in [3.63, 3.8) is 0 Å². The van der Waals surface area contributed by atoms with E-state index in [1.165, 1.54) is 33.7 Å². The van der Waals surface area contributed by atoms with Gasteiger partial charge in [-0.15, -0.1) is 0 Å². The van der Waals surface area contributed by atoms with Crippen LogP contribution in [-0.2, 0) is 11.2 Å². The molecule has 33 heavy (non-hydrogen) atoms. The molecule has 3 nitrogen and oxygen atoms in total. The molecule has 0 aliphatic carbocycles. The summed E-state index contributed by atoms with van der Waals surface area (Å²) in [6.07, 6.45) is -1.19. The van der Waals surface area contributed by atoms with Crippen LogP contribution >= 0.6 is 0 Å². The van der Waals surface area contributed by atoms with Crippen molar-refractivity contribution >= 4 is 5.91 Å². The highest BCUT2D eigenvalue weighted by molar-refractivity contribution is 5.84. The van der Waals surface area contributed by atoms with Crippen LogP contribution in [0.3, 0.4) is 0 Å². The van der Waals surface area contributed by atoms with Gasteiger partial charge in [0.05, 0.1) is 0 Å². The molecule has 2 aliphatic rings. The van der Waals surface area contributed by atoms with Gasteiger partial charge in [0.25, 0.3) is 0 Å². The molecule has 2 saturated heterocycles. The van der Waals surface area contributed by atoms with Crippen molar-refractivity contribution in [2.24, 2.45) is 5.41 Å². The van der Waals surface area contributed by atoms with E-state index in [2.05, 4.69) is 37.4 Å². The van der Waals surface area contributed by atoms with E-state index in [0.29, 0.717) is 19.0 Å². The molecule has 2 aliphatic heterocycles. The Morgan fingerprint density at radius 2 is 1.79 bits per heavy atom. The Balaban J connectivity index is 1.57. The van der Waals surface area contributed by atoms with Crippen molar-refractivity contribution in [3.8, 4) is 0 Å². The van der Waals surface area contributed by atoms with Gasteiger partial charge in [-0.3, -0.25) is 4.79 Å². The summed E-state index contributed by atoms with van der Waals surface area (Å²) in [5.74, 6) is -2.61. The van der Waals surface area contributed by atoms with E-state index in [0.717, 1.165) is 38.8 Å². The Morgan fingerprint density at radius 1 is 1.09 bits per heavy atom. The molecule has 0 saturated carbocycles. The molecule has 1 amide bonds. The lowest BCUT2D eigenvalue weighted by Gasteiger charge is -2.50. The number of nitrogens with one attached hydrogen (secondary N) is 1. The standard InChI is InChI=1S/C27H33F3N2O/c1-3-20-11-7-8-19(2)23(20)22-18-31-15-12-26(22)13-16-32(17-14-26)25(33)24(27(28,29)30)21-9-5-4-6-10-21/h4-11,22,24,31H,3,12-18H2,1-2H3. The maximum atomic E-state index is 13.9. The number of likely N-dealkylation sites (tertiary alicyclic amines) is 1. The molecular weight excluding hydrogens is 425 g/mol. The van der Waals surface area contributed by atoms with Crippen LogP contribution < -0.4 is 5.32 Å². The first-order valence-electron chi connectivity index (χ1n) is 12.0. The molecule has 2 fully saturated rings. The second kappa shape index (κ2) is 9.49. The maximum Gasteiger partial charge on any atom is 0.404 e. The summed E-state index contributed by atoms with van der Waals surface area (Å²) in [6, 6.07) is 14.0.